The summed E-state index contributed by atoms with van der Waals surface area (Å²) in [4.78, 5) is 11.8. The molecule has 0 amide bonds. The second-order valence-electron chi connectivity index (χ2n) is 6.33. The van der Waals surface area contributed by atoms with Gasteiger partial charge in [-0.1, -0.05) is 30.3 Å². The highest BCUT2D eigenvalue weighted by atomic mass is 16.7. The summed E-state index contributed by atoms with van der Waals surface area (Å²) in [7, 11) is 0. The average molecular weight is 306 g/mol. The van der Waals surface area contributed by atoms with E-state index in [0.717, 1.165) is 5.56 Å². The van der Waals surface area contributed by atoms with Crippen molar-refractivity contribution in [3.8, 4) is 0 Å². The summed E-state index contributed by atoms with van der Waals surface area (Å²) in [5.74, 6) is -1.59. The monoisotopic (exact) mass is 306 g/mol. The van der Waals surface area contributed by atoms with Gasteiger partial charge in [0.05, 0.1) is 31.3 Å². The first-order chi connectivity index (χ1) is 10.5. The van der Waals surface area contributed by atoms with Gasteiger partial charge in [0.2, 0.25) is 0 Å². The quantitative estimate of drug-likeness (QED) is 0.926. The highest BCUT2D eigenvalue weighted by Gasteiger charge is 2.55. The van der Waals surface area contributed by atoms with Crippen LogP contribution in [0.15, 0.2) is 30.3 Å². The van der Waals surface area contributed by atoms with Gasteiger partial charge in [0.25, 0.3) is 0 Å². The molecule has 1 N–H and O–H groups in total. The standard InChI is InChI=1S/C17H22O5/c1-16(15(18)19)12-17(21-9-10-22-17)8-7-14(16)20-11-13-5-3-2-4-6-13/h2-6,14H,7-12H2,1H3,(H,18,19). The maximum atomic E-state index is 11.8. The Bertz CT molecular complexity index is 523. The zero-order chi connectivity index (χ0) is 15.6. The Morgan fingerprint density at radius 2 is 2.00 bits per heavy atom. The summed E-state index contributed by atoms with van der Waals surface area (Å²) in [5, 5.41) is 9.72. The van der Waals surface area contributed by atoms with Crippen LogP contribution in [0.5, 0.6) is 0 Å². The smallest absolute Gasteiger partial charge is 0.312 e. The van der Waals surface area contributed by atoms with Gasteiger partial charge in [0.15, 0.2) is 5.79 Å². The van der Waals surface area contributed by atoms with Crippen molar-refractivity contribution < 1.29 is 24.1 Å². The third-order valence-electron chi connectivity index (χ3n) is 4.73. The SMILES string of the molecule is CC1(C(=O)O)CC2(CCC1OCc1ccccc1)OCCO2. The van der Waals surface area contributed by atoms with E-state index in [4.69, 9.17) is 14.2 Å². The minimum absolute atomic E-state index is 0.328. The molecule has 1 saturated heterocycles. The molecule has 120 valence electrons. The second kappa shape index (κ2) is 5.99. The molecule has 0 bridgehead atoms. The van der Waals surface area contributed by atoms with E-state index in [-0.39, 0.29) is 6.10 Å². The molecular formula is C17H22O5. The van der Waals surface area contributed by atoms with E-state index >= 15 is 0 Å². The first kappa shape index (κ1) is 15.5. The average Bonchev–Trinajstić information content (AvgIpc) is 2.95. The number of carboxylic acid groups (broad SMARTS) is 1. The lowest BCUT2D eigenvalue weighted by Crippen LogP contribution is -2.53. The Balaban J connectivity index is 1.71. The van der Waals surface area contributed by atoms with Crippen molar-refractivity contribution in [2.75, 3.05) is 13.2 Å². The fourth-order valence-corrected chi connectivity index (χ4v) is 3.43. The van der Waals surface area contributed by atoms with Gasteiger partial charge in [0.1, 0.15) is 0 Å². The predicted molar refractivity (Wildman–Crippen MR) is 79.2 cm³/mol. The normalized spacial score (nSPS) is 30.5. The van der Waals surface area contributed by atoms with Gasteiger partial charge < -0.3 is 19.3 Å². The van der Waals surface area contributed by atoms with Gasteiger partial charge in [-0.15, -0.1) is 0 Å². The first-order valence-corrected chi connectivity index (χ1v) is 7.71. The number of carbonyl (C=O) groups is 1. The fraction of sp³-hybridized carbons (Fsp3) is 0.588. The van der Waals surface area contributed by atoms with Crippen molar-refractivity contribution in [2.24, 2.45) is 5.41 Å². The zero-order valence-electron chi connectivity index (χ0n) is 12.8. The zero-order valence-corrected chi connectivity index (χ0v) is 12.8. The van der Waals surface area contributed by atoms with Crippen molar-refractivity contribution in [3.63, 3.8) is 0 Å². The third kappa shape index (κ3) is 2.89. The lowest BCUT2D eigenvalue weighted by Gasteiger charge is -2.45. The van der Waals surface area contributed by atoms with Gasteiger partial charge in [0, 0.05) is 12.8 Å². The van der Waals surface area contributed by atoms with Gasteiger partial charge in [-0.05, 0) is 18.9 Å². The van der Waals surface area contributed by atoms with E-state index in [1.165, 1.54) is 0 Å². The third-order valence-corrected chi connectivity index (χ3v) is 4.73. The van der Waals surface area contributed by atoms with Crippen molar-refractivity contribution in [2.45, 2.75) is 44.7 Å². The molecule has 1 aliphatic carbocycles. The molecule has 2 atom stereocenters. The Morgan fingerprint density at radius 1 is 1.32 bits per heavy atom. The predicted octanol–water partition coefficient (Wildman–Crippen LogP) is 2.59. The van der Waals surface area contributed by atoms with Gasteiger partial charge in [-0.2, -0.15) is 0 Å². The summed E-state index contributed by atoms with van der Waals surface area (Å²) in [6, 6.07) is 9.80. The number of ether oxygens (including phenoxy) is 3. The fourth-order valence-electron chi connectivity index (χ4n) is 3.43. The molecule has 1 aromatic carbocycles. The molecule has 5 nitrogen and oxygen atoms in total. The lowest BCUT2D eigenvalue weighted by molar-refractivity contribution is -0.233. The highest BCUT2D eigenvalue weighted by molar-refractivity contribution is 5.75. The summed E-state index contributed by atoms with van der Waals surface area (Å²) in [6.07, 6.45) is 1.28. The molecule has 5 heteroatoms. The Kier molecular flexibility index (Phi) is 4.21. The first-order valence-electron chi connectivity index (χ1n) is 7.71. The summed E-state index contributed by atoms with van der Waals surface area (Å²) < 4.78 is 17.4. The molecule has 2 aliphatic rings. The number of hydrogen-bond donors (Lipinski definition) is 1. The summed E-state index contributed by atoms with van der Waals surface area (Å²) >= 11 is 0. The topological polar surface area (TPSA) is 65.0 Å². The van der Waals surface area contributed by atoms with E-state index in [1.807, 2.05) is 30.3 Å². The van der Waals surface area contributed by atoms with Crippen LogP contribution in [0.2, 0.25) is 0 Å². The lowest BCUT2D eigenvalue weighted by atomic mass is 9.70. The van der Waals surface area contributed by atoms with E-state index in [9.17, 15) is 9.90 Å². The molecule has 2 fully saturated rings. The largest absolute Gasteiger partial charge is 0.481 e. The Morgan fingerprint density at radius 3 is 2.64 bits per heavy atom. The molecule has 0 radical (unpaired) electrons. The summed E-state index contributed by atoms with van der Waals surface area (Å²) in [5.41, 5.74) is 0.0427. The molecule has 1 spiro atoms. The van der Waals surface area contributed by atoms with Crippen molar-refractivity contribution in [1.82, 2.24) is 0 Å². The van der Waals surface area contributed by atoms with E-state index in [1.54, 1.807) is 6.92 Å². The Labute approximate surface area is 130 Å². The molecule has 22 heavy (non-hydrogen) atoms. The van der Waals surface area contributed by atoms with Gasteiger partial charge in [-0.3, -0.25) is 4.79 Å². The van der Waals surface area contributed by atoms with Crippen molar-refractivity contribution in [3.05, 3.63) is 35.9 Å². The number of rotatable bonds is 4. The molecule has 2 unspecified atom stereocenters. The maximum absolute atomic E-state index is 11.8. The highest BCUT2D eigenvalue weighted by Crippen LogP contribution is 2.47. The van der Waals surface area contributed by atoms with Crippen LogP contribution in [0.4, 0.5) is 0 Å². The van der Waals surface area contributed by atoms with Crippen LogP contribution in [0.3, 0.4) is 0 Å². The molecule has 1 heterocycles. The number of benzene rings is 1. The molecule has 3 rings (SSSR count). The summed E-state index contributed by atoms with van der Waals surface area (Å²) in [6.45, 7) is 3.22. The molecular weight excluding hydrogens is 284 g/mol. The van der Waals surface area contributed by atoms with Gasteiger partial charge in [-0.25, -0.2) is 0 Å². The minimum Gasteiger partial charge on any atom is -0.481 e. The van der Waals surface area contributed by atoms with Crippen molar-refractivity contribution in [1.29, 1.82) is 0 Å². The van der Waals surface area contributed by atoms with Crippen LogP contribution in [0, 0.1) is 5.41 Å². The van der Waals surface area contributed by atoms with Crippen LogP contribution in [-0.2, 0) is 25.6 Å². The van der Waals surface area contributed by atoms with Crippen LogP contribution in [0.1, 0.15) is 31.7 Å². The van der Waals surface area contributed by atoms with Crippen LogP contribution < -0.4 is 0 Å². The molecule has 1 aromatic rings. The number of carboxylic acids is 1. The van der Waals surface area contributed by atoms with Crippen LogP contribution in [-0.4, -0.2) is 36.2 Å². The van der Waals surface area contributed by atoms with Gasteiger partial charge >= 0.3 is 5.97 Å². The minimum atomic E-state index is -1.00. The maximum Gasteiger partial charge on any atom is 0.312 e. The molecule has 0 aromatic heterocycles. The molecule has 1 aliphatic heterocycles. The number of hydrogen-bond acceptors (Lipinski definition) is 4. The van der Waals surface area contributed by atoms with Crippen LogP contribution >= 0.6 is 0 Å². The second-order valence-corrected chi connectivity index (χ2v) is 6.33. The molecule has 1 saturated carbocycles. The van der Waals surface area contributed by atoms with E-state index in [2.05, 4.69) is 0 Å². The van der Waals surface area contributed by atoms with E-state index in [0.29, 0.717) is 39.1 Å². The number of aliphatic carboxylic acids is 1. The Hall–Kier alpha value is -1.43. The van der Waals surface area contributed by atoms with Crippen molar-refractivity contribution >= 4 is 5.97 Å². The van der Waals surface area contributed by atoms with E-state index < -0.39 is 17.2 Å². The van der Waals surface area contributed by atoms with Crippen LogP contribution in [0.25, 0.3) is 0 Å².